The van der Waals surface area contributed by atoms with E-state index in [1.165, 1.54) is 37.0 Å². The maximum absolute atomic E-state index is 13.5. The van der Waals surface area contributed by atoms with Gasteiger partial charge in [-0.15, -0.1) is 11.8 Å². The van der Waals surface area contributed by atoms with Crippen molar-refractivity contribution in [3.05, 3.63) is 54.1 Å². The number of thioether (sulfide) groups is 1. The number of nitrogens with zero attached hydrogens (tertiary/aromatic N) is 2. The molecule has 0 spiro atoms. The third-order valence-corrected chi connectivity index (χ3v) is 8.47. The average molecular weight is 496 g/mol. The van der Waals surface area contributed by atoms with Crippen LogP contribution in [0.3, 0.4) is 0 Å². The minimum atomic E-state index is -0.223. The first kappa shape index (κ1) is 26.1. The molecule has 0 aromatic heterocycles. The van der Waals surface area contributed by atoms with E-state index in [1.807, 2.05) is 23.1 Å². The van der Waals surface area contributed by atoms with Gasteiger partial charge in [0.2, 0.25) is 5.91 Å². The third kappa shape index (κ3) is 7.02. The first-order valence-electron chi connectivity index (χ1n) is 13.1. The topological polar surface area (TPSA) is 44.8 Å². The second kappa shape index (κ2) is 12.3. The van der Waals surface area contributed by atoms with Gasteiger partial charge in [0.25, 0.3) is 0 Å². The Morgan fingerprint density at radius 3 is 2.54 bits per heavy atom. The average Bonchev–Trinajstić information content (AvgIpc) is 2.85. The number of fused-ring (bicyclic) bond motifs is 1. The quantitative estimate of drug-likeness (QED) is 0.393. The standard InChI is InChI=1S/C29H41N3O2S/c1-29(17-7-4-8-18-29)30-19-9-22-34-24-15-13-23(14-16-24)27-28(33)32(21-10-20-31(2)3)25-11-5-6-12-26(25)35-27/h5-6,11-16,27,30H,4,7-10,17-22H2,1-3H3. The Labute approximate surface area is 215 Å². The van der Waals surface area contributed by atoms with Crippen LogP contribution in [0.1, 0.15) is 62.7 Å². The molecule has 190 valence electrons. The number of hydrogen-bond acceptors (Lipinski definition) is 5. The molecule has 4 rings (SSSR count). The summed E-state index contributed by atoms with van der Waals surface area (Å²) in [5, 5.41) is 3.52. The van der Waals surface area contributed by atoms with Crippen molar-refractivity contribution in [3.63, 3.8) is 0 Å². The van der Waals surface area contributed by atoms with E-state index < -0.39 is 0 Å². The second-order valence-electron chi connectivity index (χ2n) is 10.4. The Bertz CT molecular complexity index is 957. The third-order valence-electron chi connectivity index (χ3n) is 7.16. The summed E-state index contributed by atoms with van der Waals surface area (Å²) < 4.78 is 6.00. The van der Waals surface area contributed by atoms with Crippen molar-refractivity contribution in [2.24, 2.45) is 0 Å². The Morgan fingerprint density at radius 2 is 1.80 bits per heavy atom. The lowest BCUT2D eigenvalue weighted by Crippen LogP contribution is -2.44. The van der Waals surface area contributed by atoms with Crippen molar-refractivity contribution in [3.8, 4) is 5.75 Å². The molecule has 1 aliphatic carbocycles. The molecule has 1 amide bonds. The van der Waals surface area contributed by atoms with E-state index in [9.17, 15) is 4.79 Å². The highest BCUT2D eigenvalue weighted by molar-refractivity contribution is 8.00. The maximum Gasteiger partial charge on any atom is 0.245 e. The van der Waals surface area contributed by atoms with Crippen LogP contribution in [0.2, 0.25) is 0 Å². The number of amides is 1. The van der Waals surface area contributed by atoms with Gasteiger partial charge in [0, 0.05) is 17.0 Å². The summed E-state index contributed by atoms with van der Waals surface area (Å²) in [4.78, 5) is 18.8. The molecule has 1 saturated carbocycles. The zero-order chi connectivity index (χ0) is 24.7. The minimum Gasteiger partial charge on any atom is -0.494 e. The zero-order valence-electron chi connectivity index (χ0n) is 21.6. The molecule has 1 N–H and O–H groups in total. The van der Waals surface area contributed by atoms with Gasteiger partial charge in [-0.1, -0.05) is 43.5 Å². The normalized spacial score (nSPS) is 19.6. The van der Waals surface area contributed by atoms with Crippen LogP contribution >= 0.6 is 11.8 Å². The summed E-state index contributed by atoms with van der Waals surface area (Å²) in [6.07, 6.45) is 8.57. The fraction of sp³-hybridized carbons (Fsp3) is 0.552. The number of benzene rings is 2. The first-order valence-corrected chi connectivity index (χ1v) is 14.0. The predicted octanol–water partition coefficient (Wildman–Crippen LogP) is 5.90. The van der Waals surface area contributed by atoms with Crippen LogP contribution in [-0.4, -0.2) is 56.7 Å². The van der Waals surface area contributed by atoms with Crippen molar-refractivity contribution in [1.82, 2.24) is 10.2 Å². The molecule has 1 aliphatic heterocycles. The predicted molar refractivity (Wildman–Crippen MR) is 147 cm³/mol. The van der Waals surface area contributed by atoms with Gasteiger partial charge in [0.15, 0.2) is 0 Å². The van der Waals surface area contributed by atoms with Crippen molar-refractivity contribution >= 4 is 23.4 Å². The Kier molecular flexibility index (Phi) is 9.15. The zero-order valence-corrected chi connectivity index (χ0v) is 22.4. The van der Waals surface area contributed by atoms with Gasteiger partial charge in [-0.2, -0.15) is 0 Å². The van der Waals surface area contributed by atoms with Crippen molar-refractivity contribution in [2.75, 3.05) is 45.2 Å². The Morgan fingerprint density at radius 1 is 1.06 bits per heavy atom. The fourth-order valence-corrected chi connectivity index (χ4v) is 6.34. The van der Waals surface area contributed by atoms with E-state index in [0.717, 1.165) is 49.5 Å². The first-order chi connectivity index (χ1) is 17.0. The SMILES string of the molecule is CN(C)CCCN1C(=O)C(c2ccc(OCCCNC3(C)CCCCC3)cc2)Sc2ccccc21. The summed E-state index contributed by atoms with van der Waals surface area (Å²) in [6, 6.07) is 16.4. The smallest absolute Gasteiger partial charge is 0.245 e. The van der Waals surface area contributed by atoms with Crippen LogP contribution in [0.5, 0.6) is 5.75 Å². The van der Waals surface area contributed by atoms with E-state index >= 15 is 0 Å². The number of ether oxygens (including phenoxy) is 1. The van der Waals surface area contributed by atoms with Gasteiger partial charge in [0.05, 0.1) is 12.3 Å². The Hall–Kier alpha value is -2.02. The molecule has 5 nitrogen and oxygen atoms in total. The van der Waals surface area contributed by atoms with Gasteiger partial charge in [-0.3, -0.25) is 4.79 Å². The van der Waals surface area contributed by atoms with Crippen LogP contribution in [0.25, 0.3) is 0 Å². The van der Waals surface area contributed by atoms with Gasteiger partial charge in [-0.05, 0) is 89.6 Å². The highest BCUT2D eigenvalue weighted by Crippen LogP contribution is 2.46. The monoisotopic (exact) mass is 495 g/mol. The summed E-state index contributed by atoms with van der Waals surface area (Å²) in [6.45, 7) is 5.75. The van der Waals surface area contributed by atoms with Crippen molar-refractivity contribution in [2.45, 2.75) is 67.6 Å². The number of hydrogen-bond donors (Lipinski definition) is 1. The van der Waals surface area contributed by atoms with Crippen LogP contribution in [0.15, 0.2) is 53.4 Å². The highest BCUT2D eigenvalue weighted by atomic mass is 32.2. The lowest BCUT2D eigenvalue weighted by molar-refractivity contribution is -0.118. The molecule has 0 bridgehead atoms. The molecule has 1 atom stereocenters. The molecule has 0 saturated heterocycles. The van der Waals surface area contributed by atoms with E-state index in [2.05, 4.69) is 61.6 Å². The molecule has 0 radical (unpaired) electrons. The molecule has 35 heavy (non-hydrogen) atoms. The summed E-state index contributed by atoms with van der Waals surface area (Å²) in [5.41, 5.74) is 2.38. The minimum absolute atomic E-state index is 0.170. The molecule has 1 unspecified atom stereocenters. The highest BCUT2D eigenvalue weighted by Gasteiger charge is 2.34. The van der Waals surface area contributed by atoms with Crippen LogP contribution < -0.4 is 15.0 Å². The number of rotatable bonds is 11. The van der Waals surface area contributed by atoms with E-state index in [1.54, 1.807) is 11.8 Å². The summed E-state index contributed by atoms with van der Waals surface area (Å²) in [5.74, 6) is 1.04. The molecular weight excluding hydrogens is 454 g/mol. The number of nitrogens with one attached hydrogen (secondary N) is 1. The van der Waals surface area contributed by atoms with Gasteiger partial charge in [-0.25, -0.2) is 0 Å². The number of carbonyl (C=O) groups excluding carboxylic acids is 1. The molecule has 2 aliphatic rings. The largest absolute Gasteiger partial charge is 0.494 e. The van der Waals surface area contributed by atoms with Crippen LogP contribution in [0.4, 0.5) is 5.69 Å². The van der Waals surface area contributed by atoms with Gasteiger partial charge < -0.3 is 19.9 Å². The summed E-state index contributed by atoms with van der Waals surface area (Å²) >= 11 is 1.65. The Balaban J connectivity index is 1.32. The lowest BCUT2D eigenvalue weighted by Gasteiger charge is -2.34. The second-order valence-corrected chi connectivity index (χ2v) is 11.6. The molecular formula is C29H41N3O2S. The molecule has 1 fully saturated rings. The van der Waals surface area contributed by atoms with Crippen LogP contribution in [0, 0.1) is 0 Å². The molecule has 2 aromatic carbocycles. The number of anilines is 1. The van der Waals surface area contributed by atoms with Crippen molar-refractivity contribution in [1.29, 1.82) is 0 Å². The maximum atomic E-state index is 13.5. The molecule has 1 heterocycles. The lowest BCUT2D eigenvalue weighted by atomic mass is 9.83. The van der Waals surface area contributed by atoms with Crippen LogP contribution in [-0.2, 0) is 4.79 Å². The molecule has 6 heteroatoms. The summed E-state index contributed by atoms with van der Waals surface area (Å²) in [7, 11) is 4.14. The van der Waals surface area contributed by atoms with E-state index in [0.29, 0.717) is 12.1 Å². The van der Waals surface area contributed by atoms with Crippen molar-refractivity contribution < 1.29 is 9.53 Å². The van der Waals surface area contributed by atoms with E-state index in [-0.39, 0.29) is 11.2 Å². The molecule has 2 aromatic rings. The van der Waals surface area contributed by atoms with E-state index in [4.69, 9.17) is 4.74 Å². The fourth-order valence-electron chi connectivity index (χ4n) is 5.10. The van der Waals surface area contributed by atoms with Gasteiger partial charge >= 0.3 is 0 Å². The number of carbonyl (C=O) groups is 1. The van der Waals surface area contributed by atoms with Gasteiger partial charge in [0.1, 0.15) is 11.0 Å². The number of para-hydroxylation sites is 1.